The smallest absolute Gasteiger partial charge is 0.265 e. The highest BCUT2D eigenvalue weighted by Crippen LogP contribution is 2.36. The lowest BCUT2D eigenvalue weighted by Crippen LogP contribution is -2.38. The molecule has 0 spiro atoms. The van der Waals surface area contributed by atoms with Crippen molar-refractivity contribution in [3.63, 3.8) is 0 Å². The Morgan fingerprint density at radius 2 is 1.70 bits per heavy atom. The van der Waals surface area contributed by atoms with Gasteiger partial charge in [-0.1, -0.05) is 12.1 Å². The number of rotatable bonds is 6. The number of hydrogen-bond donors (Lipinski definition) is 2. The van der Waals surface area contributed by atoms with Gasteiger partial charge in [-0.2, -0.15) is 0 Å². The van der Waals surface area contributed by atoms with Gasteiger partial charge >= 0.3 is 0 Å². The van der Waals surface area contributed by atoms with Gasteiger partial charge in [0.15, 0.2) is 6.61 Å². The Morgan fingerprint density at radius 1 is 1.03 bits per heavy atom. The topological polar surface area (TPSA) is 105 Å². The van der Waals surface area contributed by atoms with Gasteiger partial charge in [0.05, 0.1) is 22.8 Å². The van der Waals surface area contributed by atoms with Crippen LogP contribution in [0.4, 0.5) is 21.5 Å². The molecule has 1 aliphatic heterocycles. The van der Waals surface area contributed by atoms with Crippen LogP contribution in [0.3, 0.4) is 0 Å². The minimum atomic E-state index is -3.90. The molecule has 1 aliphatic rings. The first kappa shape index (κ1) is 22.3. The zero-order chi connectivity index (χ0) is 23.6. The summed E-state index contributed by atoms with van der Waals surface area (Å²) in [5.41, 5.74) is 1.97. The summed E-state index contributed by atoms with van der Waals surface area (Å²) in [5, 5.41) is 2.57. The minimum absolute atomic E-state index is 0.0170. The molecule has 10 heteroatoms. The van der Waals surface area contributed by atoms with E-state index >= 15 is 0 Å². The molecule has 3 aromatic carbocycles. The van der Waals surface area contributed by atoms with E-state index in [2.05, 4.69) is 10.0 Å². The van der Waals surface area contributed by atoms with Gasteiger partial charge < -0.3 is 15.0 Å². The van der Waals surface area contributed by atoms with Crippen LogP contribution in [0.2, 0.25) is 0 Å². The molecule has 0 atom stereocenters. The van der Waals surface area contributed by atoms with Gasteiger partial charge in [-0.05, 0) is 54.1 Å². The number of nitrogens with zero attached hydrogens (tertiary/aromatic N) is 1. The Bertz CT molecular complexity index is 1310. The summed E-state index contributed by atoms with van der Waals surface area (Å²) >= 11 is 0. The van der Waals surface area contributed by atoms with Crippen LogP contribution in [0, 0.1) is 5.82 Å². The van der Waals surface area contributed by atoms with Crippen LogP contribution in [0.25, 0.3) is 0 Å². The van der Waals surface area contributed by atoms with Gasteiger partial charge in [0.2, 0.25) is 5.91 Å². The molecule has 0 fully saturated rings. The van der Waals surface area contributed by atoms with Crippen molar-refractivity contribution in [1.82, 2.24) is 0 Å². The number of nitrogens with one attached hydrogen (secondary N) is 2. The van der Waals surface area contributed by atoms with Crippen molar-refractivity contribution in [2.75, 3.05) is 21.5 Å². The van der Waals surface area contributed by atoms with Gasteiger partial charge in [-0.25, -0.2) is 12.8 Å². The lowest BCUT2D eigenvalue weighted by Gasteiger charge is -2.30. The van der Waals surface area contributed by atoms with E-state index in [1.165, 1.54) is 60.4 Å². The zero-order valence-electron chi connectivity index (χ0n) is 17.5. The normalized spacial score (nSPS) is 13.2. The number of carbonyl (C=O) groups excluding carboxylic acids is 2. The standard InChI is InChI=1S/C23H20FN3O5S/c1-15(28)25-18-6-9-20(10-7-18)33(30,31)26-19-8-11-21-22(12-19)32-14-23(29)27(21)13-16-2-4-17(24)5-3-16/h2-12,26H,13-14H2,1H3,(H,25,28). The van der Waals surface area contributed by atoms with E-state index in [1.54, 1.807) is 18.2 Å². The van der Waals surface area contributed by atoms with Gasteiger partial charge in [0.25, 0.3) is 15.9 Å². The molecular weight excluding hydrogens is 449 g/mol. The molecule has 2 N–H and O–H groups in total. The third-order valence-electron chi connectivity index (χ3n) is 4.89. The van der Waals surface area contributed by atoms with Crippen molar-refractivity contribution in [2.45, 2.75) is 18.4 Å². The van der Waals surface area contributed by atoms with Crippen molar-refractivity contribution in [1.29, 1.82) is 0 Å². The third-order valence-corrected chi connectivity index (χ3v) is 6.29. The molecule has 4 rings (SSSR count). The number of benzene rings is 3. The SMILES string of the molecule is CC(=O)Nc1ccc(S(=O)(=O)Nc2ccc3c(c2)OCC(=O)N3Cc2ccc(F)cc2)cc1. The first-order valence-corrected chi connectivity index (χ1v) is 11.4. The van der Waals surface area contributed by atoms with Crippen molar-refractivity contribution in [3.05, 3.63) is 78.1 Å². The molecule has 0 radical (unpaired) electrons. The van der Waals surface area contributed by atoms with Crippen LogP contribution in [0.1, 0.15) is 12.5 Å². The summed E-state index contributed by atoms with van der Waals surface area (Å²) in [4.78, 5) is 25.1. The monoisotopic (exact) mass is 469 g/mol. The first-order valence-electron chi connectivity index (χ1n) is 9.93. The number of anilines is 3. The highest BCUT2D eigenvalue weighted by molar-refractivity contribution is 7.92. The molecule has 1 heterocycles. The molecule has 2 amide bonds. The number of carbonyl (C=O) groups is 2. The van der Waals surface area contributed by atoms with Crippen LogP contribution >= 0.6 is 0 Å². The maximum atomic E-state index is 13.2. The highest BCUT2D eigenvalue weighted by atomic mass is 32.2. The molecule has 8 nitrogen and oxygen atoms in total. The lowest BCUT2D eigenvalue weighted by molar-refractivity contribution is -0.121. The molecular formula is C23H20FN3O5S. The molecule has 3 aromatic rings. The summed E-state index contributed by atoms with van der Waals surface area (Å²) in [6, 6.07) is 16.2. The van der Waals surface area contributed by atoms with E-state index in [0.717, 1.165) is 5.56 Å². The molecule has 0 saturated carbocycles. The fraction of sp³-hybridized carbons (Fsp3) is 0.130. The van der Waals surface area contributed by atoms with Crippen LogP contribution < -0.4 is 19.7 Å². The highest BCUT2D eigenvalue weighted by Gasteiger charge is 2.26. The van der Waals surface area contributed by atoms with Crippen LogP contribution in [-0.2, 0) is 26.2 Å². The van der Waals surface area contributed by atoms with Crippen LogP contribution in [0.5, 0.6) is 5.75 Å². The number of hydrogen-bond acceptors (Lipinski definition) is 5. The average molecular weight is 469 g/mol. The van der Waals surface area contributed by atoms with Crippen LogP contribution in [0.15, 0.2) is 71.6 Å². The lowest BCUT2D eigenvalue weighted by atomic mass is 10.1. The Kier molecular flexibility index (Phi) is 6.01. The van der Waals surface area contributed by atoms with E-state index in [4.69, 9.17) is 4.74 Å². The molecule has 0 unspecified atom stereocenters. The van der Waals surface area contributed by atoms with E-state index in [-0.39, 0.29) is 41.4 Å². The number of sulfonamides is 1. The third kappa shape index (κ3) is 5.12. The average Bonchev–Trinajstić information content (AvgIpc) is 2.77. The number of ether oxygens (including phenoxy) is 1. The number of amides is 2. The summed E-state index contributed by atoms with van der Waals surface area (Å²) < 4.78 is 46.7. The summed E-state index contributed by atoms with van der Waals surface area (Å²) in [7, 11) is -3.90. The quantitative estimate of drug-likeness (QED) is 0.575. The summed E-state index contributed by atoms with van der Waals surface area (Å²) in [6.07, 6.45) is 0. The molecule has 0 saturated heterocycles. The van der Waals surface area contributed by atoms with Crippen molar-refractivity contribution >= 4 is 38.9 Å². The Hall–Kier alpha value is -3.92. The number of halogens is 1. The minimum Gasteiger partial charge on any atom is -0.481 e. The molecule has 33 heavy (non-hydrogen) atoms. The van der Waals surface area contributed by atoms with Gasteiger partial charge in [0.1, 0.15) is 11.6 Å². The molecule has 0 aromatic heterocycles. The molecule has 170 valence electrons. The van der Waals surface area contributed by atoms with Crippen molar-refractivity contribution in [2.24, 2.45) is 0 Å². The van der Waals surface area contributed by atoms with Crippen molar-refractivity contribution in [3.8, 4) is 5.75 Å². The Balaban J connectivity index is 1.54. The predicted octanol–water partition coefficient (Wildman–Crippen LogP) is 3.51. The first-order chi connectivity index (χ1) is 15.7. The summed E-state index contributed by atoms with van der Waals surface area (Å²) in [6.45, 7) is 1.38. The van der Waals surface area contributed by atoms with Crippen LogP contribution in [-0.4, -0.2) is 26.8 Å². The largest absolute Gasteiger partial charge is 0.481 e. The predicted molar refractivity (Wildman–Crippen MR) is 121 cm³/mol. The molecule has 0 aliphatic carbocycles. The summed E-state index contributed by atoms with van der Waals surface area (Å²) in [5.74, 6) is -0.545. The fourth-order valence-electron chi connectivity index (χ4n) is 3.35. The Labute approximate surface area is 190 Å². The van der Waals surface area contributed by atoms with Crippen molar-refractivity contribution < 1.29 is 27.1 Å². The maximum absolute atomic E-state index is 13.2. The number of fused-ring (bicyclic) bond motifs is 1. The molecule has 0 bridgehead atoms. The van der Waals surface area contributed by atoms with E-state index in [0.29, 0.717) is 17.1 Å². The Morgan fingerprint density at radius 3 is 2.36 bits per heavy atom. The second-order valence-electron chi connectivity index (χ2n) is 7.39. The van der Waals surface area contributed by atoms with E-state index in [9.17, 15) is 22.4 Å². The van der Waals surface area contributed by atoms with E-state index in [1.807, 2.05) is 0 Å². The van der Waals surface area contributed by atoms with Gasteiger partial charge in [0, 0.05) is 18.7 Å². The fourth-order valence-corrected chi connectivity index (χ4v) is 4.40. The zero-order valence-corrected chi connectivity index (χ0v) is 18.4. The van der Waals surface area contributed by atoms with Gasteiger partial charge in [-0.3, -0.25) is 14.3 Å². The second kappa shape index (κ2) is 8.91. The van der Waals surface area contributed by atoms with E-state index < -0.39 is 10.0 Å². The van der Waals surface area contributed by atoms with Gasteiger partial charge in [-0.15, -0.1) is 0 Å². The maximum Gasteiger partial charge on any atom is 0.265 e. The second-order valence-corrected chi connectivity index (χ2v) is 9.07.